The molecule has 14 heavy (non-hydrogen) atoms. The molecule has 1 aliphatic rings. The number of halogens is 3. The molecule has 1 aromatic carbocycles. The van der Waals surface area contributed by atoms with Gasteiger partial charge < -0.3 is 4.74 Å². The second-order valence-corrected chi connectivity index (χ2v) is 2.81. The van der Waals surface area contributed by atoms with Crippen molar-refractivity contribution < 1.29 is 17.9 Å². The molecule has 1 aromatic rings. The first-order valence-corrected chi connectivity index (χ1v) is 3.90. The van der Waals surface area contributed by atoms with Crippen LogP contribution < -0.4 is 0 Å². The summed E-state index contributed by atoms with van der Waals surface area (Å²) in [5, 5.41) is 0. The smallest absolute Gasteiger partial charge is 0.273 e. The van der Waals surface area contributed by atoms with E-state index in [0.29, 0.717) is 0 Å². The molecule has 0 aliphatic carbocycles. The van der Waals surface area contributed by atoms with Crippen LogP contribution in [0.1, 0.15) is 11.6 Å². The molecule has 0 amide bonds. The van der Waals surface area contributed by atoms with Gasteiger partial charge in [-0.2, -0.15) is 0 Å². The summed E-state index contributed by atoms with van der Waals surface area (Å²) in [7, 11) is 0. The van der Waals surface area contributed by atoms with Crippen LogP contribution >= 0.6 is 0 Å². The van der Waals surface area contributed by atoms with Crippen molar-refractivity contribution in [3.8, 4) is 0 Å². The summed E-state index contributed by atoms with van der Waals surface area (Å²) in [5.74, 6) is -3.91. The molecule has 1 aliphatic heterocycles. The average molecular weight is 200 g/mol. The minimum atomic E-state index is -1.48. The van der Waals surface area contributed by atoms with E-state index in [1.807, 2.05) is 0 Å². The highest BCUT2D eigenvalue weighted by Gasteiger charge is 2.22. The monoisotopic (exact) mass is 200 g/mol. The predicted octanol–water partition coefficient (Wildman–Crippen LogP) is 2.08. The van der Waals surface area contributed by atoms with Crippen molar-refractivity contribution in [2.24, 2.45) is 4.99 Å². The lowest BCUT2D eigenvalue weighted by molar-refractivity contribution is 0.325. The minimum absolute atomic E-state index is 0.0195. The van der Waals surface area contributed by atoms with Crippen LogP contribution in [-0.2, 0) is 4.74 Å². The number of benzene rings is 1. The molecule has 1 unspecified atom stereocenters. The summed E-state index contributed by atoms with van der Waals surface area (Å²) in [6.45, 7) is 0.0992. The van der Waals surface area contributed by atoms with Crippen molar-refractivity contribution in [2.45, 2.75) is 6.04 Å². The van der Waals surface area contributed by atoms with Gasteiger partial charge in [-0.05, 0) is 6.07 Å². The van der Waals surface area contributed by atoms with Gasteiger partial charge in [0.25, 0.3) is 6.40 Å². The van der Waals surface area contributed by atoms with Crippen molar-refractivity contribution in [3.63, 3.8) is 0 Å². The third-order valence-electron chi connectivity index (χ3n) is 1.94. The molecular formula is C9H5F3NO. The molecule has 0 saturated heterocycles. The van der Waals surface area contributed by atoms with Crippen LogP contribution in [0.2, 0.25) is 0 Å². The van der Waals surface area contributed by atoms with Gasteiger partial charge in [0.15, 0.2) is 17.5 Å². The number of rotatable bonds is 1. The zero-order valence-electron chi connectivity index (χ0n) is 6.93. The second kappa shape index (κ2) is 3.32. The van der Waals surface area contributed by atoms with E-state index in [-0.39, 0.29) is 12.2 Å². The van der Waals surface area contributed by atoms with Gasteiger partial charge in [0.05, 0.1) is 0 Å². The van der Waals surface area contributed by atoms with Crippen LogP contribution in [0.15, 0.2) is 17.1 Å². The molecule has 73 valence electrons. The van der Waals surface area contributed by atoms with Gasteiger partial charge in [0.2, 0.25) is 0 Å². The molecule has 1 atom stereocenters. The number of hydrogen-bond donors (Lipinski definition) is 0. The molecule has 0 bridgehead atoms. The van der Waals surface area contributed by atoms with Gasteiger partial charge in [0, 0.05) is 5.56 Å². The van der Waals surface area contributed by atoms with Crippen LogP contribution in [0.4, 0.5) is 13.2 Å². The van der Waals surface area contributed by atoms with Gasteiger partial charge in [-0.1, -0.05) is 6.07 Å². The standard InChI is InChI=1S/C9H5F3NO/c10-6-2-1-5(8(11)9(6)12)7-3-14-4-13-7/h1-2,7H,3H2. The Labute approximate surface area is 78.0 Å². The fourth-order valence-corrected chi connectivity index (χ4v) is 1.21. The molecule has 2 nitrogen and oxygen atoms in total. The molecule has 0 aromatic heterocycles. The first kappa shape index (κ1) is 9.05. The Balaban J connectivity index is 2.43. The van der Waals surface area contributed by atoms with E-state index in [9.17, 15) is 13.2 Å². The summed E-state index contributed by atoms with van der Waals surface area (Å²) in [6.07, 6.45) is 2.17. The van der Waals surface area contributed by atoms with E-state index in [4.69, 9.17) is 0 Å². The van der Waals surface area contributed by atoms with Crippen LogP contribution in [0, 0.1) is 17.5 Å². The Kier molecular flexibility index (Phi) is 2.15. The van der Waals surface area contributed by atoms with Gasteiger partial charge in [0.1, 0.15) is 12.6 Å². The zero-order valence-corrected chi connectivity index (χ0v) is 6.93. The molecule has 2 rings (SSSR count). The Morgan fingerprint density at radius 2 is 2.07 bits per heavy atom. The van der Waals surface area contributed by atoms with Crippen LogP contribution in [0.5, 0.6) is 0 Å². The lowest BCUT2D eigenvalue weighted by atomic mass is 10.1. The number of hydrogen-bond acceptors (Lipinski definition) is 2. The summed E-state index contributed by atoms with van der Waals surface area (Å²) >= 11 is 0. The SMILES string of the molecule is Fc1ccc(C2CO[C]=N2)c(F)c1F. The third kappa shape index (κ3) is 1.34. The van der Waals surface area contributed by atoms with E-state index in [1.54, 1.807) is 0 Å². The van der Waals surface area contributed by atoms with Gasteiger partial charge in [-0.15, -0.1) is 0 Å². The number of ether oxygens (including phenoxy) is 1. The highest BCUT2D eigenvalue weighted by Crippen LogP contribution is 2.25. The number of aliphatic imine (C=N–C) groups is 1. The summed E-state index contributed by atoms with van der Waals surface area (Å²) in [6, 6.07) is 1.38. The molecule has 1 heterocycles. The topological polar surface area (TPSA) is 21.6 Å². The van der Waals surface area contributed by atoms with E-state index in [2.05, 4.69) is 16.1 Å². The Morgan fingerprint density at radius 1 is 1.29 bits per heavy atom. The second-order valence-electron chi connectivity index (χ2n) is 2.81. The lowest BCUT2D eigenvalue weighted by Crippen LogP contribution is -2.04. The molecule has 0 saturated carbocycles. The van der Waals surface area contributed by atoms with E-state index in [0.717, 1.165) is 12.1 Å². The van der Waals surface area contributed by atoms with E-state index in [1.165, 1.54) is 0 Å². The van der Waals surface area contributed by atoms with Crippen molar-refractivity contribution in [2.75, 3.05) is 6.61 Å². The lowest BCUT2D eigenvalue weighted by Gasteiger charge is -2.07. The average Bonchev–Trinajstić information content (AvgIpc) is 2.67. The molecule has 5 heteroatoms. The largest absolute Gasteiger partial charge is 0.471 e. The summed E-state index contributed by atoms with van der Waals surface area (Å²) < 4.78 is 43.1. The summed E-state index contributed by atoms with van der Waals surface area (Å²) in [4.78, 5) is 3.64. The van der Waals surface area contributed by atoms with Crippen LogP contribution in [0.3, 0.4) is 0 Å². The maximum Gasteiger partial charge on any atom is 0.273 e. The van der Waals surface area contributed by atoms with Crippen molar-refractivity contribution in [1.82, 2.24) is 0 Å². The molecule has 0 spiro atoms. The predicted molar refractivity (Wildman–Crippen MR) is 42.4 cm³/mol. The van der Waals surface area contributed by atoms with Gasteiger partial charge >= 0.3 is 0 Å². The maximum atomic E-state index is 13.2. The van der Waals surface area contributed by atoms with Crippen molar-refractivity contribution >= 4 is 6.40 Å². The fourth-order valence-electron chi connectivity index (χ4n) is 1.21. The Hall–Kier alpha value is -1.52. The quantitative estimate of drug-likeness (QED) is 0.636. The Bertz CT molecular complexity index is 392. The highest BCUT2D eigenvalue weighted by molar-refractivity contribution is 5.50. The van der Waals surface area contributed by atoms with Gasteiger partial charge in [-0.25, -0.2) is 18.2 Å². The molecular weight excluding hydrogens is 195 g/mol. The van der Waals surface area contributed by atoms with Gasteiger partial charge in [-0.3, -0.25) is 0 Å². The maximum absolute atomic E-state index is 13.2. The molecule has 0 fully saturated rings. The highest BCUT2D eigenvalue weighted by atomic mass is 19.2. The van der Waals surface area contributed by atoms with Crippen molar-refractivity contribution in [1.29, 1.82) is 0 Å². The first-order chi connectivity index (χ1) is 6.70. The third-order valence-corrected chi connectivity index (χ3v) is 1.94. The molecule has 1 radical (unpaired) electrons. The van der Waals surface area contributed by atoms with Crippen molar-refractivity contribution in [3.05, 3.63) is 35.1 Å². The Morgan fingerprint density at radius 3 is 2.71 bits per heavy atom. The van der Waals surface area contributed by atoms with E-state index >= 15 is 0 Å². The van der Waals surface area contributed by atoms with Crippen LogP contribution in [-0.4, -0.2) is 13.0 Å². The van der Waals surface area contributed by atoms with E-state index < -0.39 is 23.5 Å². The fraction of sp³-hybridized carbons (Fsp3) is 0.222. The number of nitrogens with zero attached hydrogens (tertiary/aromatic N) is 1. The normalized spacial score (nSPS) is 19.8. The van der Waals surface area contributed by atoms with Crippen LogP contribution in [0.25, 0.3) is 0 Å². The molecule has 0 N–H and O–H groups in total. The summed E-state index contributed by atoms with van der Waals surface area (Å²) in [5.41, 5.74) is -0.0195. The first-order valence-electron chi connectivity index (χ1n) is 3.90. The zero-order chi connectivity index (χ0) is 10.1. The minimum Gasteiger partial charge on any atom is -0.471 e.